The fourth-order valence-electron chi connectivity index (χ4n) is 1.84. The third kappa shape index (κ3) is 2.84. The molecule has 0 aromatic rings. The predicted octanol–water partition coefficient (Wildman–Crippen LogP) is 0.309. The van der Waals surface area contributed by atoms with Gasteiger partial charge < -0.3 is 18.8 Å². The molecule has 0 saturated carbocycles. The summed E-state index contributed by atoms with van der Waals surface area (Å²) in [6.07, 6.45) is -7.51. The van der Waals surface area contributed by atoms with Gasteiger partial charge in [0.05, 0.1) is 0 Å². The first-order chi connectivity index (χ1) is 8.82. The highest BCUT2D eigenvalue weighted by molar-refractivity contribution is 6.45. The molecule has 3 unspecified atom stereocenters. The summed E-state index contributed by atoms with van der Waals surface area (Å²) in [6, 6.07) is 0. The second-order valence-corrected chi connectivity index (χ2v) is 4.07. The largest absolute Gasteiger partial charge is 0.490 e. The summed E-state index contributed by atoms with van der Waals surface area (Å²) in [4.78, 5) is 21.9. The van der Waals surface area contributed by atoms with Crippen molar-refractivity contribution in [3.8, 4) is 0 Å². The number of carbonyl (C=O) groups excluding carboxylic acids is 2. The Morgan fingerprint density at radius 3 is 2.68 bits per heavy atom. The minimum atomic E-state index is -5.08. The number of halogens is 3. The van der Waals surface area contributed by atoms with Gasteiger partial charge >= 0.3 is 25.2 Å². The number of fused-ring (bicyclic) bond motifs is 1. The van der Waals surface area contributed by atoms with Crippen LogP contribution in [-0.2, 0) is 28.4 Å². The summed E-state index contributed by atoms with van der Waals surface area (Å²) in [6.45, 7) is 1.04. The van der Waals surface area contributed by atoms with E-state index in [0.29, 0.717) is 6.32 Å². The highest BCUT2D eigenvalue weighted by atomic mass is 19.4. The molecule has 2 aliphatic rings. The number of hydrogen-bond donors (Lipinski definition) is 0. The molecule has 0 radical (unpaired) electrons. The van der Waals surface area contributed by atoms with Gasteiger partial charge in [0, 0.05) is 0 Å². The fraction of sp³-hybridized carbons (Fsp3) is 0.778. The van der Waals surface area contributed by atoms with E-state index in [9.17, 15) is 22.8 Å². The van der Waals surface area contributed by atoms with Crippen molar-refractivity contribution in [3.05, 3.63) is 0 Å². The van der Waals surface area contributed by atoms with Crippen LogP contribution in [0.2, 0.25) is 6.32 Å². The second-order valence-electron chi connectivity index (χ2n) is 4.07. The summed E-state index contributed by atoms with van der Waals surface area (Å²) in [7, 11) is -0.608. The first kappa shape index (κ1) is 14.1. The maximum Gasteiger partial charge on any atom is 0.490 e. The highest BCUT2D eigenvalue weighted by Crippen LogP contribution is 2.30. The zero-order valence-corrected chi connectivity index (χ0v) is 9.81. The lowest BCUT2D eigenvalue weighted by molar-refractivity contribution is -0.203. The molecule has 2 rings (SSSR count). The monoisotopic (exact) mass is 282 g/mol. The third-order valence-electron chi connectivity index (χ3n) is 2.72. The molecule has 2 fully saturated rings. The molecule has 0 aromatic heterocycles. The van der Waals surface area contributed by atoms with Crippen molar-refractivity contribution < 1.29 is 41.5 Å². The lowest BCUT2D eigenvalue weighted by atomic mass is 9.87. The van der Waals surface area contributed by atoms with Crippen molar-refractivity contribution in [2.24, 2.45) is 0 Å². The maximum absolute atomic E-state index is 11.9. The maximum atomic E-state index is 11.9. The van der Waals surface area contributed by atoms with E-state index in [2.05, 4.69) is 4.74 Å². The van der Waals surface area contributed by atoms with E-state index in [1.165, 1.54) is 0 Å². The summed E-state index contributed by atoms with van der Waals surface area (Å²) >= 11 is 0. The van der Waals surface area contributed by atoms with Crippen LogP contribution in [-0.4, -0.2) is 50.2 Å². The van der Waals surface area contributed by atoms with Gasteiger partial charge in [-0.25, -0.2) is 9.59 Å². The lowest BCUT2D eigenvalue weighted by Gasteiger charge is -2.16. The SMILES string of the molecule is CCB1OC2C(=O)OC(COC(=O)C(F)(F)F)C2O1. The van der Waals surface area contributed by atoms with Crippen LogP contribution in [0.3, 0.4) is 0 Å². The van der Waals surface area contributed by atoms with Crippen LogP contribution in [0.5, 0.6) is 0 Å². The Balaban J connectivity index is 1.92. The van der Waals surface area contributed by atoms with Gasteiger partial charge in [-0.1, -0.05) is 6.92 Å². The molecule has 2 aliphatic heterocycles. The van der Waals surface area contributed by atoms with E-state index in [1.807, 2.05) is 0 Å². The third-order valence-corrected chi connectivity index (χ3v) is 2.72. The van der Waals surface area contributed by atoms with Gasteiger partial charge in [0.2, 0.25) is 0 Å². The Hall–Kier alpha value is -1.29. The lowest BCUT2D eigenvalue weighted by Crippen LogP contribution is -2.35. The number of rotatable bonds is 3. The van der Waals surface area contributed by atoms with Gasteiger partial charge in [-0.15, -0.1) is 0 Å². The molecule has 0 bridgehead atoms. The van der Waals surface area contributed by atoms with Crippen LogP contribution in [0, 0.1) is 0 Å². The van der Waals surface area contributed by atoms with Crippen molar-refractivity contribution in [2.75, 3.05) is 6.61 Å². The summed E-state index contributed by atoms with van der Waals surface area (Å²) in [5, 5.41) is 0. The minimum Gasteiger partial charge on any atom is -0.455 e. The smallest absolute Gasteiger partial charge is 0.455 e. The molecule has 0 amide bonds. The number of ether oxygens (including phenoxy) is 2. The first-order valence-electron chi connectivity index (χ1n) is 5.58. The second kappa shape index (κ2) is 5.01. The van der Waals surface area contributed by atoms with Crippen LogP contribution in [0.25, 0.3) is 0 Å². The Labute approximate surface area is 106 Å². The van der Waals surface area contributed by atoms with Crippen LogP contribution in [0.15, 0.2) is 0 Å². The molecular weight excluding hydrogens is 272 g/mol. The summed E-state index contributed by atoms with van der Waals surface area (Å²) < 4.78 is 55.1. The van der Waals surface area contributed by atoms with Crippen LogP contribution < -0.4 is 0 Å². The van der Waals surface area contributed by atoms with Gasteiger partial charge in [-0.05, 0) is 6.32 Å². The zero-order chi connectivity index (χ0) is 14.2. The van der Waals surface area contributed by atoms with Gasteiger partial charge in [0.25, 0.3) is 0 Å². The molecule has 2 heterocycles. The van der Waals surface area contributed by atoms with Crippen molar-refractivity contribution in [1.29, 1.82) is 0 Å². The van der Waals surface area contributed by atoms with Gasteiger partial charge in [0.1, 0.15) is 12.7 Å². The van der Waals surface area contributed by atoms with E-state index >= 15 is 0 Å². The molecule has 10 heteroatoms. The number of hydrogen-bond acceptors (Lipinski definition) is 6. The van der Waals surface area contributed by atoms with Gasteiger partial charge in [-0.3, -0.25) is 0 Å². The minimum absolute atomic E-state index is 0.481. The predicted molar refractivity (Wildman–Crippen MR) is 52.9 cm³/mol. The van der Waals surface area contributed by atoms with Crippen LogP contribution >= 0.6 is 0 Å². The topological polar surface area (TPSA) is 71.1 Å². The summed E-state index contributed by atoms with van der Waals surface area (Å²) in [5.74, 6) is -3.06. The molecule has 0 spiro atoms. The Morgan fingerprint density at radius 1 is 1.42 bits per heavy atom. The average molecular weight is 282 g/mol. The molecule has 0 aliphatic carbocycles. The van der Waals surface area contributed by atoms with E-state index < -0.39 is 50.2 Å². The normalized spacial score (nSPS) is 30.2. The van der Waals surface area contributed by atoms with Crippen LogP contribution in [0.1, 0.15) is 6.92 Å². The molecule has 0 N–H and O–H groups in total. The number of alkyl halides is 3. The first-order valence-corrected chi connectivity index (χ1v) is 5.58. The highest BCUT2D eigenvalue weighted by Gasteiger charge is 2.54. The van der Waals surface area contributed by atoms with Crippen molar-refractivity contribution in [1.82, 2.24) is 0 Å². The molecule has 0 aromatic carbocycles. The molecular formula is C9H10BF3O6. The van der Waals surface area contributed by atoms with Gasteiger partial charge in [-0.2, -0.15) is 13.2 Å². The van der Waals surface area contributed by atoms with Crippen molar-refractivity contribution in [2.45, 2.75) is 37.7 Å². The molecule has 3 atom stereocenters. The quantitative estimate of drug-likeness (QED) is 0.548. The molecule has 19 heavy (non-hydrogen) atoms. The molecule has 106 valence electrons. The standard InChI is InChI=1S/C9H10BF3O6/c1-2-10-18-5-4(17-7(14)6(5)19-10)3-16-8(15)9(11,12)13/h4-6H,2-3H2,1H3. The Bertz CT molecular complexity index is 387. The summed E-state index contributed by atoms with van der Waals surface area (Å²) in [5.41, 5.74) is 0. The van der Waals surface area contributed by atoms with E-state index in [-0.39, 0.29) is 0 Å². The Morgan fingerprint density at radius 2 is 2.11 bits per heavy atom. The Kier molecular flexibility index (Phi) is 3.72. The van der Waals surface area contributed by atoms with Crippen molar-refractivity contribution in [3.63, 3.8) is 0 Å². The fourth-order valence-corrected chi connectivity index (χ4v) is 1.84. The average Bonchev–Trinajstić information content (AvgIpc) is 2.86. The molecule has 2 saturated heterocycles. The van der Waals surface area contributed by atoms with Crippen molar-refractivity contribution >= 4 is 19.1 Å². The van der Waals surface area contributed by atoms with Crippen LogP contribution in [0.4, 0.5) is 13.2 Å². The van der Waals surface area contributed by atoms with E-state index in [4.69, 9.17) is 14.0 Å². The zero-order valence-electron chi connectivity index (χ0n) is 9.81. The van der Waals surface area contributed by atoms with E-state index in [1.54, 1.807) is 6.92 Å². The molecule has 6 nitrogen and oxygen atoms in total. The van der Waals surface area contributed by atoms with E-state index in [0.717, 1.165) is 0 Å². The number of esters is 2. The number of cyclic esters (lactones) is 1. The van der Waals surface area contributed by atoms with Gasteiger partial charge in [0.15, 0.2) is 12.2 Å². The number of carbonyl (C=O) groups is 2.